The Bertz CT molecular complexity index is 1100. The molecule has 6 nitrogen and oxygen atoms in total. The molecule has 2 unspecified atom stereocenters. The second kappa shape index (κ2) is 9.52. The molecule has 0 aliphatic carbocycles. The van der Waals surface area contributed by atoms with E-state index in [9.17, 15) is 13.2 Å². The Morgan fingerprint density at radius 1 is 1.15 bits per heavy atom. The zero-order chi connectivity index (χ0) is 23.6. The van der Waals surface area contributed by atoms with E-state index in [1.165, 1.54) is 17.5 Å². The second-order valence-corrected chi connectivity index (χ2v) is 11.0. The summed E-state index contributed by atoms with van der Waals surface area (Å²) in [5.41, 5.74) is 0.630. The average Bonchev–Trinajstić information content (AvgIpc) is 2.82. The van der Waals surface area contributed by atoms with Crippen molar-refractivity contribution in [2.24, 2.45) is 0 Å². The normalized spacial score (nSPS) is 24.8. The monoisotopic (exact) mass is 475 g/mol. The van der Waals surface area contributed by atoms with Crippen molar-refractivity contribution in [3.63, 3.8) is 0 Å². The van der Waals surface area contributed by atoms with Gasteiger partial charge >= 0.3 is 5.97 Å². The van der Waals surface area contributed by atoms with Crippen LogP contribution in [0.15, 0.2) is 48.5 Å². The number of sulfonamides is 1. The molecule has 0 bridgehead atoms. The first-order valence-corrected chi connectivity index (χ1v) is 12.8. The number of halogens is 1. The van der Waals surface area contributed by atoms with Crippen molar-refractivity contribution in [2.45, 2.75) is 55.9 Å². The van der Waals surface area contributed by atoms with Crippen LogP contribution in [-0.2, 0) is 36.3 Å². The van der Waals surface area contributed by atoms with Crippen molar-refractivity contribution in [1.29, 1.82) is 0 Å². The summed E-state index contributed by atoms with van der Waals surface area (Å²) >= 11 is 0. The number of hydrogen-bond donors (Lipinski definition) is 0. The van der Waals surface area contributed by atoms with Gasteiger partial charge in [-0.1, -0.05) is 42.5 Å². The molecule has 2 fully saturated rings. The van der Waals surface area contributed by atoms with Gasteiger partial charge in [-0.05, 0) is 49.8 Å². The zero-order valence-electron chi connectivity index (χ0n) is 19.0. The SMILES string of the molecule is COC(=O)C1(c2ccc(CN3C(C)CCC(c4ccccc4)S3(=O)=O)c(F)c2)CCOCC1. The molecule has 4 rings (SSSR count). The molecule has 2 aliphatic heterocycles. The molecule has 0 radical (unpaired) electrons. The zero-order valence-corrected chi connectivity index (χ0v) is 19.8. The number of ether oxygens (including phenoxy) is 2. The fourth-order valence-corrected chi connectivity index (χ4v) is 7.21. The Kier molecular flexibility index (Phi) is 6.88. The molecule has 2 aromatic rings. The van der Waals surface area contributed by atoms with Crippen molar-refractivity contribution >= 4 is 16.0 Å². The van der Waals surface area contributed by atoms with E-state index in [1.54, 1.807) is 12.1 Å². The molecule has 0 N–H and O–H groups in total. The van der Waals surface area contributed by atoms with Crippen LogP contribution in [0.3, 0.4) is 0 Å². The summed E-state index contributed by atoms with van der Waals surface area (Å²) in [5, 5.41) is -0.637. The van der Waals surface area contributed by atoms with Crippen molar-refractivity contribution < 1.29 is 27.1 Å². The number of hydrogen-bond acceptors (Lipinski definition) is 5. The Labute approximate surface area is 194 Å². The van der Waals surface area contributed by atoms with E-state index >= 15 is 4.39 Å². The predicted octanol–water partition coefficient (Wildman–Crippen LogP) is 4.10. The number of rotatable bonds is 5. The minimum atomic E-state index is -3.67. The number of methoxy groups -OCH3 is 1. The van der Waals surface area contributed by atoms with Gasteiger partial charge in [-0.25, -0.2) is 12.8 Å². The first-order valence-electron chi connectivity index (χ1n) is 11.3. The number of nitrogens with zero attached hydrogens (tertiary/aromatic N) is 1. The van der Waals surface area contributed by atoms with E-state index in [0.29, 0.717) is 44.5 Å². The molecule has 0 saturated carbocycles. The predicted molar refractivity (Wildman–Crippen MR) is 122 cm³/mol. The highest BCUT2D eigenvalue weighted by molar-refractivity contribution is 7.89. The number of benzene rings is 2. The Hall–Kier alpha value is -2.29. The number of carbonyl (C=O) groups excluding carboxylic acids is 1. The third-order valence-electron chi connectivity index (χ3n) is 7.05. The molecule has 0 aromatic heterocycles. The molecule has 178 valence electrons. The van der Waals surface area contributed by atoms with Gasteiger partial charge in [0, 0.05) is 31.4 Å². The summed E-state index contributed by atoms with van der Waals surface area (Å²) in [6.07, 6.45) is 2.06. The molecule has 0 spiro atoms. The van der Waals surface area contributed by atoms with Crippen LogP contribution < -0.4 is 0 Å². The molecule has 2 saturated heterocycles. The van der Waals surface area contributed by atoms with E-state index in [0.717, 1.165) is 5.56 Å². The summed E-state index contributed by atoms with van der Waals surface area (Å²) in [4.78, 5) is 12.6. The standard InChI is InChI=1S/C25H30FNO5S/c1-18-8-11-23(19-6-4-3-5-7-19)33(29,30)27(18)17-20-9-10-21(16-22(20)26)25(24(28)31-2)12-14-32-15-13-25/h3-7,9-10,16,18,23H,8,11-15,17H2,1-2H3. The van der Waals surface area contributed by atoms with E-state index in [1.807, 2.05) is 37.3 Å². The summed E-state index contributed by atoms with van der Waals surface area (Å²) in [5.74, 6) is -0.928. The van der Waals surface area contributed by atoms with E-state index in [-0.39, 0.29) is 18.2 Å². The highest BCUT2D eigenvalue weighted by atomic mass is 32.2. The molecule has 2 aliphatic rings. The Morgan fingerprint density at radius 3 is 2.48 bits per heavy atom. The fraction of sp³-hybridized carbons (Fsp3) is 0.480. The molecule has 0 amide bonds. The highest BCUT2D eigenvalue weighted by Crippen LogP contribution is 2.40. The summed E-state index contributed by atoms with van der Waals surface area (Å²) in [6, 6.07) is 13.6. The van der Waals surface area contributed by atoms with Crippen LogP contribution in [0.4, 0.5) is 4.39 Å². The van der Waals surface area contributed by atoms with Crippen molar-refractivity contribution in [1.82, 2.24) is 4.31 Å². The van der Waals surface area contributed by atoms with Crippen LogP contribution in [0.2, 0.25) is 0 Å². The van der Waals surface area contributed by atoms with E-state index in [4.69, 9.17) is 9.47 Å². The maximum atomic E-state index is 15.3. The largest absolute Gasteiger partial charge is 0.468 e. The molecule has 2 aromatic carbocycles. The van der Waals surface area contributed by atoms with Gasteiger partial charge in [-0.15, -0.1) is 0 Å². The number of carbonyl (C=O) groups is 1. The van der Waals surface area contributed by atoms with Crippen LogP contribution in [-0.4, -0.2) is 45.1 Å². The maximum Gasteiger partial charge on any atom is 0.316 e. The van der Waals surface area contributed by atoms with E-state index in [2.05, 4.69) is 0 Å². The molecule has 8 heteroatoms. The topological polar surface area (TPSA) is 72.9 Å². The lowest BCUT2D eigenvalue weighted by atomic mass is 9.74. The van der Waals surface area contributed by atoms with Gasteiger partial charge in [-0.3, -0.25) is 4.79 Å². The molecule has 33 heavy (non-hydrogen) atoms. The summed E-state index contributed by atoms with van der Waals surface area (Å²) < 4.78 is 54.1. The van der Waals surface area contributed by atoms with Gasteiger partial charge in [0.15, 0.2) is 0 Å². The van der Waals surface area contributed by atoms with Gasteiger partial charge in [0.05, 0.1) is 12.5 Å². The van der Waals surface area contributed by atoms with Crippen LogP contribution in [0.25, 0.3) is 0 Å². The molecule has 2 atom stereocenters. The Balaban J connectivity index is 1.63. The van der Waals surface area contributed by atoms with Crippen LogP contribution >= 0.6 is 0 Å². The van der Waals surface area contributed by atoms with Crippen molar-refractivity contribution in [2.75, 3.05) is 20.3 Å². The highest BCUT2D eigenvalue weighted by Gasteiger charge is 2.44. The third-order valence-corrected chi connectivity index (χ3v) is 9.42. The van der Waals surface area contributed by atoms with E-state index < -0.39 is 32.5 Å². The molecular formula is C25H30FNO5S. The average molecular weight is 476 g/mol. The first-order chi connectivity index (χ1) is 15.8. The Morgan fingerprint density at radius 2 is 1.85 bits per heavy atom. The summed E-state index contributed by atoms with van der Waals surface area (Å²) in [7, 11) is -2.34. The lowest BCUT2D eigenvalue weighted by Gasteiger charge is -2.38. The number of esters is 1. The van der Waals surface area contributed by atoms with Gasteiger partial charge in [0.1, 0.15) is 11.1 Å². The van der Waals surface area contributed by atoms with Gasteiger partial charge in [0.2, 0.25) is 10.0 Å². The first kappa shape index (κ1) is 23.9. The third kappa shape index (κ3) is 4.44. The van der Waals surface area contributed by atoms with Gasteiger partial charge in [-0.2, -0.15) is 4.31 Å². The quantitative estimate of drug-likeness (QED) is 0.609. The minimum Gasteiger partial charge on any atom is -0.468 e. The lowest BCUT2D eigenvalue weighted by Crippen LogP contribution is -2.45. The van der Waals surface area contributed by atoms with Crippen LogP contribution in [0.1, 0.15) is 54.5 Å². The maximum absolute atomic E-state index is 15.3. The minimum absolute atomic E-state index is 0.0483. The fourth-order valence-electron chi connectivity index (χ4n) is 5.02. The van der Waals surface area contributed by atoms with Crippen LogP contribution in [0.5, 0.6) is 0 Å². The second-order valence-electron chi connectivity index (χ2n) is 8.91. The molecular weight excluding hydrogens is 445 g/mol. The van der Waals surface area contributed by atoms with Crippen molar-refractivity contribution in [3.05, 3.63) is 71.0 Å². The smallest absolute Gasteiger partial charge is 0.316 e. The van der Waals surface area contributed by atoms with Crippen molar-refractivity contribution in [3.8, 4) is 0 Å². The van der Waals surface area contributed by atoms with Crippen LogP contribution in [0, 0.1) is 5.82 Å². The molecule has 2 heterocycles. The lowest BCUT2D eigenvalue weighted by molar-refractivity contribution is -0.151. The summed E-state index contributed by atoms with van der Waals surface area (Å²) in [6.45, 7) is 2.60. The van der Waals surface area contributed by atoms with Gasteiger partial charge < -0.3 is 9.47 Å². The van der Waals surface area contributed by atoms with Gasteiger partial charge in [0.25, 0.3) is 0 Å².